The molecule has 0 saturated carbocycles. The molecule has 8 nitrogen and oxygen atoms in total. The average molecular weight is 432 g/mol. The van der Waals surface area contributed by atoms with Gasteiger partial charge in [-0.2, -0.15) is 0 Å². The standard InChI is InChI=1S/C21H25N3O5S/c1-14(16-10-8-15(9-11-16)13-30(28)29)22-20(27)21(2)12-18(19(25)26)24(23-21)17-6-4-3-5-7-17/h3-11,14,18,23H,12-13H2,1-2H3,(H,22,27)(H,25,26)(H,28,29). The van der Waals surface area contributed by atoms with E-state index in [1.54, 1.807) is 43.3 Å². The van der Waals surface area contributed by atoms with Crippen LogP contribution in [0.15, 0.2) is 54.6 Å². The number of carbonyl (C=O) groups is 2. The summed E-state index contributed by atoms with van der Waals surface area (Å²) in [6.45, 7) is 3.52. The summed E-state index contributed by atoms with van der Waals surface area (Å²) < 4.78 is 19.9. The zero-order valence-corrected chi connectivity index (χ0v) is 17.6. The van der Waals surface area contributed by atoms with Crippen LogP contribution < -0.4 is 15.8 Å². The third kappa shape index (κ3) is 4.86. The van der Waals surface area contributed by atoms with E-state index in [2.05, 4.69) is 10.7 Å². The summed E-state index contributed by atoms with van der Waals surface area (Å²) in [7, 11) is 0. The Hall–Kier alpha value is -2.75. The number of carbonyl (C=O) groups excluding carboxylic acids is 1. The SMILES string of the molecule is CC(NC(=O)C1(C)CC(C(=O)O)N(c2ccccc2)N1)c1ccc(CS(=O)O)cc1. The van der Waals surface area contributed by atoms with Gasteiger partial charge in [-0.3, -0.25) is 9.80 Å². The zero-order valence-electron chi connectivity index (χ0n) is 16.7. The number of rotatable bonds is 7. The van der Waals surface area contributed by atoms with Crippen LogP contribution in [0.2, 0.25) is 0 Å². The molecule has 160 valence electrons. The van der Waals surface area contributed by atoms with E-state index >= 15 is 0 Å². The van der Waals surface area contributed by atoms with Crippen molar-refractivity contribution < 1.29 is 23.5 Å². The van der Waals surface area contributed by atoms with Crippen LogP contribution in [-0.2, 0) is 26.4 Å². The number of nitrogens with one attached hydrogen (secondary N) is 2. The summed E-state index contributed by atoms with van der Waals surface area (Å²) in [6, 6.07) is 14.9. The maximum atomic E-state index is 13.0. The van der Waals surface area contributed by atoms with E-state index in [1.807, 2.05) is 25.1 Å². The van der Waals surface area contributed by atoms with Gasteiger partial charge in [0.2, 0.25) is 5.91 Å². The first-order valence-corrected chi connectivity index (χ1v) is 10.8. The number of benzene rings is 2. The van der Waals surface area contributed by atoms with E-state index in [9.17, 15) is 18.9 Å². The number of nitrogens with zero attached hydrogens (tertiary/aromatic N) is 1. The number of hydrogen-bond acceptors (Lipinski definition) is 5. The maximum absolute atomic E-state index is 13.0. The van der Waals surface area contributed by atoms with E-state index in [4.69, 9.17) is 4.55 Å². The number of carboxylic acid groups (broad SMARTS) is 1. The van der Waals surface area contributed by atoms with Crippen LogP contribution in [0.3, 0.4) is 0 Å². The Bertz CT molecular complexity index is 937. The second-order valence-electron chi connectivity index (χ2n) is 7.61. The van der Waals surface area contributed by atoms with Gasteiger partial charge in [0.15, 0.2) is 11.1 Å². The highest BCUT2D eigenvalue weighted by Gasteiger charge is 2.48. The lowest BCUT2D eigenvalue weighted by molar-refractivity contribution is -0.138. The van der Waals surface area contributed by atoms with Crippen molar-refractivity contribution in [3.8, 4) is 0 Å². The van der Waals surface area contributed by atoms with Gasteiger partial charge in [0.25, 0.3) is 0 Å². The van der Waals surface area contributed by atoms with Crippen LogP contribution in [0.25, 0.3) is 0 Å². The van der Waals surface area contributed by atoms with Crippen molar-refractivity contribution in [2.45, 2.75) is 43.6 Å². The average Bonchev–Trinajstić information content (AvgIpc) is 3.08. The van der Waals surface area contributed by atoms with Gasteiger partial charge in [-0.15, -0.1) is 0 Å². The molecule has 0 radical (unpaired) electrons. The smallest absolute Gasteiger partial charge is 0.328 e. The zero-order chi connectivity index (χ0) is 21.9. The first-order chi connectivity index (χ1) is 14.2. The fraction of sp³-hybridized carbons (Fsp3) is 0.333. The molecule has 1 saturated heterocycles. The monoisotopic (exact) mass is 431 g/mol. The summed E-state index contributed by atoms with van der Waals surface area (Å²) in [5.74, 6) is -1.26. The number of aliphatic carboxylic acids is 1. The second-order valence-corrected chi connectivity index (χ2v) is 8.54. The van der Waals surface area contributed by atoms with Gasteiger partial charge in [0.1, 0.15) is 11.6 Å². The molecule has 30 heavy (non-hydrogen) atoms. The number of anilines is 1. The summed E-state index contributed by atoms with van der Waals surface area (Å²) >= 11 is -1.91. The van der Waals surface area contributed by atoms with Crippen molar-refractivity contribution in [1.82, 2.24) is 10.7 Å². The summed E-state index contributed by atoms with van der Waals surface area (Å²) in [6.07, 6.45) is 0.108. The Labute approximate surface area is 177 Å². The molecule has 4 N–H and O–H groups in total. The van der Waals surface area contributed by atoms with Gasteiger partial charge in [-0.05, 0) is 37.1 Å². The molecular weight excluding hydrogens is 406 g/mol. The Morgan fingerprint density at radius 2 is 1.87 bits per heavy atom. The molecule has 1 amide bonds. The van der Waals surface area contributed by atoms with Crippen molar-refractivity contribution in [3.05, 3.63) is 65.7 Å². The Morgan fingerprint density at radius 3 is 2.43 bits per heavy atom. The van der Waals surface area contributed by atoms with Crippen molar-refractivity contribution in [2.24, 2.45) is 0 Å². The van der Waals surface area contributed by atoms with Crippen molar-refractivity contribution in [3.63, 3.8) is 0 Å². The van der Waals surface area contributed by atoms with Crippen LogP contribution >= 0.6 is 0 Å². The summed E-state index contributed by atoms with van der Waals surface area (Å²) in [5, 5.41) is 14.1. The largest absolute Gasteiger partial charge is 0.480 e. The lowest BCUT2D eigenvalue weighted by atomic mass is 9.94. The third-order valence-corrected chi connectivity index (χ3v) is 5.80. The number of hydrazine groups is 1. The molecule has 9 heteroatoms. The normalized spacial score (nSPS) is 23.0. The predicted molar refractivity (Wildman–Crippen MR) is 114 cm³/mol. The molecule has 1 fully saturated rings. The predicted octanol–water partition coefficient (Wildman–Crippen LogP) is 2.21. The van der Waals surface area contributed by atoms with Crippen LogP contribution in [0.5, 0.6) is 0 Å². The van der Waals surface area contributed by atoms with Gasteiger partial charge < -0.3 is 15.0 Å². The van der Waals surface area contributed by atoms with Crippen molar-refractivity contribution in [1.29, 1.82) is 0 Å². The third-order valence-electron chi connectivity index (χ3n) is 5.22. The molecule has 4 unspecified atom stereocenters. The van der Waals surface area contributed by atoms with Gasteiger partial charge in [-0.1, -0.05) is 42.5 Å². The molecule has 1 heterocycles. The van der Waals surface area contributed by atoms with Crippen LogP contribution in [-0.4, -0.2) is 37.3 Å². The molecule has 1 aliphatic rings. The minimum atomic E-state index is -1.91. The van der Waals surface area contributed by atoms with Gasteiger partial charge in [-0.25, -0.2) is 14.4 Å². The fourth-order valence-corrected chi connectivity index (χ4v) is 4.00. The Balaban J connectivity index is 1.72. The molecule has 3 rings (SSSR count). The molecule has 0 aliphatic carbocycles. The molecule has 2 aromatic carbocycles. The molecule has 0 spiro atoms. The quantitative estimate of drug-likeness (QED) is 0.496. The lowest BCUT2D eigenvalue weighted by Gasteiger charge is -2.28. The number of carboxylic acids is 1. The van der Waals surface area contributed by atoms with Crippen LogP contribution in [0.1, 0.15) is 37.4 Å². The van der Waals surface area contributed by atoms with Crippen molar-refractivity contribution in [2.75, 3.05) is 5.01 Å². The minimum absolute atomic E-state index is 0.0505. The van der Waals surface area contributed by atoms with Gasteiger partial charge in [0.05, 0.1) is 17.5 Å². The Kier molecular flexibility index (Phi) is 6.55. The first kappa shape index (κ1) is 21.9. The number of amides is 1. The molecule has 2 aromatic rings. The number of para-hydroxylation sites is 1. The summed E-state index contributed by atoms with van der Waals surface area (Å²) in [5.41, 5.74) is 4.22. The summed E-state index contributed by atoms with van der Waals surface area (Å²) in [4.78, 5) is 24.8. The molecule has 4 atom stereocenters. The van der Waals surface area contributed by atoms with Crippen LogP contribution in [0, 0.1) is 0 Å². The van der Waals surface area contributed by atoms with E-state index in [0.29, 0.717) is 5.69 Å². The molecule has 0 bridgehead atoms. The fourth-order valence-electron chi connectivity index (χ4n) is 3.53. The topological polar surface area (TPSA) is 119 Å². The highest BCUT2D eigenvalue weighted by molar-refractivity contribution is 7.78. The van der Waals surface area contributed by atoms with Gasteiger partial charge in [0, 0.05) is 6.42 Å². The van der Waals surface area contributed by atoms with Crippen molar-refractivity contribution >= 4 is 28.6 Å². The molecular formula is C21H25N3O5S. The Morgan fingerprint density at radius 1 is 1.23 bits per heavy atom. The highest BCUT2D eigenvalue weighted by Crippen LogP contribution is 2.30. The first-order valence-electron chi connectivity index (χ1n) is 9.52. The lowest BCUT2D eigenvalue weighted by Crippen LogP contribution is -2.55. The molecule has 1 aliphatic heterocycles. The van der Waals surface area contributed by atoms with Crippen LogP contribution in [0.4, 0.5) is 5.69 Å². The maximum Gasteiger partial charge on any atom is 0.328 e. The minimum Gasteiger partial charge on any atom is -0.480 e. The van der Waals surface area contributed by atoms with Gasteiger partial charge >= 0.3 is 5.97 Å². The van der Waals surface area contributed by atoms with E-state index in [0.717, 1.165) is 11.1 Å². The van der Waals surface area contributed by atoms with E-state index in [1.165, 1.54) is 5.01 Å². The second kappa shape index (κ2) is 8.95. The van der Waals surface area contributed by atoms with E-state index in [-0.39, 0.29) is 24.1 Å². The molecule has 0 aromatic heterocycles. The highest BCUT2D eigenvalue weighted by atomic mass is 32.2. The van der Waals surface area contributed by atoms with E-state index < -0.39 is 28.6 Å². The number of hydrogen-bond donors (Lipinski definition) is 4.